The summed E-state index contributed by atoms with van der Waals surface area (Å²) in [6.45, 7) is 6.89. The summed E-state index contributed by atoms with van der Waals surface area (Å²) >= 11 is 0. The van der Waals surface area contributed by atoms with E-state index in [2.05, 4.69) is 42.9 Å². The Balaban J connectivity index is 1.22. The molecular formula is C22H23N9O. The van der Waals surface area contributed by atoms with Crippen LogP contribution in [0.3, 0.4) is 0 Å². The summed E-state index contributed by atoms with van der Waals surface area (Å²) in [5.74, 6) is 6.85. The van der Waals surface area contributed by atoms with E-state index in [9.17, 15) is 0 Å². The number of imidazole rings is 1. The van der Waals surface area contributed by atoms with Crippen molar-refractivity contribution < 1.29 is 4.74 Å². The Morgan fingerprint density at radius 3 is 2.91 bits per heavy atom. The normalized spacial score (nSPS) is 16.7. The van der Waals surface area contributed by atoms with Gasteiger partial charge in [-0.15, -0.1) is 5.10 Å². The maximum atomic E-state index is 6.14. The first kappa shape index (κ1) is 19.2. The first-order chi connectivity index (χ1) is 15.7. The van der Waals surface area contributed by atoms with Crippen LogP contribution >= 0.6 is 0 Å². The Morgan fingerprint density at radius 1 is 1.19 bits per heavy atom. The van der Waals surface area contributed by atoms with Crippen LogP contribution in [-0.2, 0) is 24.2 Å². The number of hydrogen-bond acceptors (Lipinski definition) is 8. The van der Waals surface area contributed by atoms with Gasteiger partial charge in [0.15, 0.2) is 16.8 Å². The second kappa shape index (κ2) is 7.55. The van der Waals surface area contributed by atoms with E-state index in [1.54, 1.807) is 13.3 Å². The number of pyridine rings is 1. The molecule has 0 unspecified atom stereocenters. The highest BCUT2D eigenvalue weighted by atomic mass is 16.5. The average Bonchev–Trinajstić information content (AvgIpc) is 3.35. The van der Waals surface area contributed by atoms with Crippen molar-refractivity contribution in [2.75, 3.05) is 32.0 Å². The summed E-state index contributed by atoms with van der Waals surface area (Å²) in [6, 6.07) is 2.31. The Morgan fingerprint density at radius 2 is 2.09 bits per heavy atom. The Kier molecular flexibility index (Phi) is 4.52. The SMILES string of the molecule is CC#Cc1nc2c3ncn(CCN4CCc5ncc(C6COC6)cc5C4)c3nc(N)n2n1. The molecule has 0 aromatic carbocycles. The monoisotopic (exact) mass is 429 g/mol. The van der Waals surface area contributed by atoms with Crippen LogP contribution in [0, 0.1) is 11.8 Å². The molecule has 0 amide bonds. The van der Waals surface area contributed by atoms with Crippen LogP contribution in [-0.4, -0.2) is 65.3 Å². The van der Waals surface area contributed by atoms with Gasteiger partial charge in [-0.05, 0) is 24.0 Å². The lowest BCUT2D eigenvalue weighted by molar-refractivity contribution is 0.00820. The molecule has 10 heteroatoms. The van der Waals surface area contributed by atoms with E-state index >= 15 is 0 Å². The van der Waals surface area contributed by atoms with E-state index in [1.807, 2.05) is 10.8 Å². The number of nitrogen functional groups attached to an aromatic ring is 1. The Bertz CT molecular complexity index is 1390. The van der Waals surface area contributed by atoms with Gasteiger partial charge in [0.25, 0.3) is 0 Å². The summed E-state index contributed by atoms with van der Waals surface area (Å²) in [6.07, 6.45) is 4.79. The van der Waals surface area contributed by atoms with Crippen molar-refractivity contribution in [1.82, 2.24) is 39.0 Å². The molecule has 4 aromatic heterocycles. The topological polar surface area (TPSA) is 112 Å². The van der Waals surface area contributed by atoms with Crippen molar-refractivity contribution in [3.8, 4) is 11.8 Å². The summed E-state index contributed by atoms with van der Waals surface area (Å²) in [5, 5.41) is 4.31. The summed E-state index contributed by atoms with van der Waals surface area (Å²) in [5.41, 5.74) is 11.9. The Hall–Kier alpha value is -3.55. The van der Waals surface area contributed by atoms with Gasteiger partial charge in [-0.2, -0.15) is 14.5 Å². The zero-order valence-corrected chi connectivity index (χ0v) is 17.8. The molecule has 0 bridgehead atoms. The van der Waals surface area contributed by atoms with Crippen LogP contribution in [0.25, 0.3) is 16.8 Å². The van der Waals surface area contributed by atoms with E-state index in [4.69, 9.17) is 15.5 Å². The van der Waals surface area contributed by atoms with Crippen molar-refractivity contribution in [1.29, 1.82) is 0 Å². The number of fused-ring (bicyclic) bond motifs is 4. The van der Waals surface area contributed by atoms with E-state index in [0.29, 0.717) is 28.6 Å². The van der Waals surface area contributed by atoms with Crippen molar-refractivity contribution in [2.24, 2.45) is 0 Å². The maximum Gasteiger partial charge on any atom is 0.226 e. The molecule has 2 N–H and O–H groups in total. The largest absolute Gasteiger partial charge is 0.380 e. The molecule has 0 saturated carbocycles. The molecule has 0 spiro atoms. The fourth-order valence-corrected chi connectivity index (χ4v) is 4.35. The van der Waals surface area contributed by atoms with Crippen LogP contribution in [0.1, 0.15) is 35.5 Å². The minimum atomic E-state index is 0.274. The molecule has 6 rings (SSSR count). The minimum Gasteiger partial charge on any atom is -0.380 e. The molecule has 4 aromatic rings. The Labute approximate surface area is 184 Å². The molecule has 0 atom stereocenters. The molecule has 0 aliphatic carbocycles. The van der Waals surface area contributed by atoms with E-state index in [1.165, 1.54) is 21.3 Å². The standard InChI is InChI=1S/C22H23N9O/c1-2-3-18-26-21-19-20(27-22(23)31(21)28-18)30(13-25-19)7-6-29-5-4-17-15(10-29)8-14(9-24-17)16-11-32-12-16/h8-9,13,16H,4-7,10-12H2,1H3,(H2,23,27). The molecule has 2 aliphatic heterocycles. The molecule has 6 heterocycles. The van der Waals surface area contributed by atoms with Gasteiger partial charge >= 0.3 is 0 Å². The van der Waals surface area contributed by atoms with Gasteiger partial charge in [-0.1, -0.05) is 12.0 Å². The van der Waals surface area contributed by atoms with Gasteiger partial charge in [0.05, 0.1) is 19.5 Å². The number of hydrogen-bond donors (Lipinski definition) is 1. The third-order valence-corrected chi connectivity index (χ3v) is 6.21. The van der Waals surface area contributed by atoms with E-state index < -0.39 is 0 Å². The van der Waals surface area contributed by atoms with Crippen molar-refractivity contribution in [3.05, 3.63) is 41.2 Å². The molecule has 1 fully saturated rings. The highest BCUT2D eigenvalue weighted by molar-refractivity contribution is 5.86. The van der Waals surface area contributed by atoms with Crippen molar-refractivity contribution >= 4 is 22.8 Å². The molecule has 32 heavy (non-hydrogen) atoms. The first-order valence-electron chi connectivity index (χ1n) is 10.8. The molecule has 162 valence electrons. The van der Waals surface area contributed by atoms with E-state index in [0.717, 1.165) is 45.8 Å². The van der Waals surface area contributed by atoms with E-state index in [-0.39, 0.29) is 5.95 Å². The van der Waals surface area contributed by atoms with Gasteiger partial charge < -0.3 is 15.0 Å². The van der Waals surface area contributed by atoms with Crippen LogP contribution < -0.4 is 5.73 Å². The lowest BCUT2D eigenvalue weighted by atomic mass is 9.95. The third-order valence-electron chi connectivity index (χ3n) is 6.21. The fourth-order valence-electron chi connectivity index (χ4n) is 4.35. The maximum absolute atomic E-state index is 6.14. The molecular weight excluding hydrogens is 406 g/mol. The zero-order valence-electron chi connectivity index (χ0n) is 17.8. The van der Waals surface area contributed by atoms with Crippen LogP contribution in [0.4, 0.5) is 5.95 Å². The van der Waals surface area contributed by atoms with Crippen molar-refractivity contribution in [2.45, 2.75) is 32.4 Å². The second-order valence-electron chi connectivity index (χ2n) is 8.26. The lowest BCUT2D eigenvalue weighted by Gasteiger charge is -2.31. The molecule has 1 saturated heterocycles. The summed E-state index contributed by atoms with van der Waals surface area (Å²) in [4.78, 5) is 20.7. The number of anilines is 1. The predicted octanol–water partition coefficient (Wildman–Crippen LogP) is 0.995. The van der Waals surface area contributed by atoms with Gasteiger partial charge in [0, 0.05) is 50.4 Å². The highest BCUT2D eigenvalue weighted by Gasteiger charge is 2.24. The lowest BCUT2D eigenvalue weighted by Crippen LogP contribution is -2.34. The van der Waals surface area contributed by atoms with Gasteiger partial charge in [0.2, 0.25) is 11.8 Å². The second-order valence-corrected chi connectivity index (χ2v) is 8.26. The number of nitrogens with two attached hydrogens (primary N) is 1. The summed E-state index contributed by atoms with van der Waals surface area (Å²) < 4.78 is 8.87. The van der Waals surface area contributed by atoms with Gasteiger partial charge in [-0.25, -0.2) is 4.98 Å². The number of aromatic nitrogens is 7. The summed E-state index contributed by atoms with van der Waals surface area (Å²) in [7, 11) is 0. The first-order valence-corrected chi connectivity index (χ1v) is 10.8. The highest BCUT2D eigenvalue weighted by Crippen LogP contribution is 2.27. The van der Waals surface area contributed by atoms with Crippen LogP contribution in [0.2, 0.25) is 0 Å². The molecule has 2 aliphatic rings. The number of rotatable bonds is 4. The number of nitrogens with zero attached hydrogens (tertiary/aromatic N) is 8. The zero-order chi connectivity index (χ0) is 21.7. The van der Waals surface area contributed by atoms with Gasteiger partial charge in [0.1, 0.15) is 0 Å². The molecule has 10 nitrogen and oxygen atoms in total. The van der Waals surface area contributed by atoms with Crippen LogP contribution in [0.15, 0.2) is 18.6 Å². The molecule has 0 radical (unpaired) electrons. The smallest absolute Gasteiger partial charge is 0.226 e. The average molecular weight is 429 g/mol. The minimum absolute atomic E-state index is 0.274. The predicted molar refractivity (Wildman–Crippen MR) is 118 cm³/mol. The fraction of sp³-hybridized carbons (Fsp3) is 0.409. The number of ether oxygens (including phenoxy) is 1. The van der Waals surface area contributed by atoms with Gasteiger partial charge in [-0.3, -0.25) is 9.88 Å². The van der Waals surface area contributed by atoms with Crippen molar-refractivity contribution in [3.63, 3.8) is 0 Å². The third kappa shape index (κ3) is 3.18. The van der Waals surface area contributed by atoms with Crippen LogP contribution in [0.5, 0.6) is 0 Å². The quantitative estimate of drug-likeness (QED) is 0.478.